The summed E-state index contributed by atoms with van der Waals surface area (Å²) in [5.41, 5.74) is -0.520. The van der Waals surface area contributed by atoms with E-state index >= 15 is 0 Å². The van der Waals surface area contributed by atoms with Gasteiger partial charge in [0.15, 0.2) is 0 Å². The van der Waals surface area contributed by atoms with Crippen LogP contribution in [0, 0.1) is 11.6 Å². The lowest BCUT2D eigenvalue weighted by atomic mass is 9.73. The van der Waals surface area contributed by atoms with Crippen LogP contribution in [0.1, 0.15) is 52.7 Å². The van der Waals surface area contributed by atoms with Crippen LogP contribution in [0.15, 0.2) is 0 Å². The van der Waals surface area contributed by atoms with Gasteiger partial charge < -0.3 is 0 Å². The summed E-state index contributed by atoms with van der Waals surface area (Å²) in [5, 5.41) is 0.277. The molecular weight excluding hydrogens is 248 g/mol. The van der Waals surface area contributed by atoms with E-state index in [1.165, 1.54) is 0 Å². The zero-order valence-corrected chi connectivity index (χ0v) is 13.1. The summed E-state index contributed by atoms with van der Waals surface area (Å²) in [5.74, 6) is -0.921. The molecular formula is C14H20BF2P. The normalized spacial score (nSPS) is 12.9. The Labute approximate surface area is 112 Å². The molecule has 4 heteroatoms. The van der Waals surface area contributed by atoms with Gasteiger partial charge in [0.05, 0.1) is 0 Å². The second kappa shape index (κ2) is 4.60. The average molecular weight is 268 g/mol. The van der Waals surface area contributed by atoms with Gasteiger partial charge >= 0.3 is 0 Å². The van der Waals surface area contributed by atoms with E-state index in [1.54, 1.807) is 0 Å². The van der Waals surface area contributed by atoms with E-state index < -0.39 is 22.5 Å². The molecule has 0 fully saturated rings. The maximum Gasteiger partial charge on any atom is 0.133 e. The summed E-state index contributed by atoms with van der Waals surface area (Å²) < 4.78 is 28.9. The summed E-state index contributed by atoms with van der Waals surface area (Å²) in [6, 6.07) is 0. The number of benzene rings is 1. The van der Waals surface area contributed by atoms with Crippen LogP contribution in [-0.4, -0.2) is 7.85 Å². The monoisotopic (exact) mass is 268 g/mol. The highest BCUT2D eigenvalue weighted by Crippen LogP contribution is 2.30. The van der Waals surface area contributed by atoms with Crippen LogP contribution < -0.4 is 10.8 Å². The summed E-state index contributed by atoms with van der Waals surface area (Å²) in [6.45, 7) is 11.0. The molecule has 1 aromatic rings. The summed E-state index contributed by atoms with van der Waals surface area (Å²) in [4.78, 5) is 0. The third-order valence-corrected chi connectivity index (χ3v) is 3.49. The topological polar surface area (TPSA) is 0 Å². The summed E-state index contributed by atoms with van der Waals surface area (Å²) in [7, 11) is 8.12. The Morgan fingerprint density at radius 3 is 1.56 bits per heavy atom. The zero-order chi connectivity index (χ0) is 14.5. The Balaban J connectivity index is 3.79. The van der Waals surface area contributed by atoms with Gasteiger partial charge in [-0.2, -0.15) is 0 Å². The fourth-order valence-electron chi connectivity index (χ4n) is 2.19. The molecule has 0 saturated heterocycles. The fraction of sp³-hybridized carbons (Fsp3) is 0.571. The molecule has 0 aliphatic heterocycles. The number of halogens is 2. The van der Waals surface area contributed by atoms with E-state index in [0.717, 1.165) is 0 Å². The maximum atomic E-state index is 14.5. The Bertz CT molecular complexity index is 408. The first-order valence-corrected chi connectivity index (χ1v) is 6.53. The molecule has 2 radical (unpaired) electrons. The van der Waals surface area contributed by atoms with Crippen molar-refractivity contribution in [1.82, 2.24) is 0 Å². The van der Waals surface area contributed by atoms with Crippen molar-refractivity contribution in [2.75, 3.05) is 0 Å². The lowest BCUT2D eigenvalue weighted by molar-refractivity contribution is 0.497. The molecule has 0 aliphatic rings. The molecule has 0 spiro atoms. The van der Waals surface area contributed by atoms with Crippen LogP contribution in [0.3, 0.4) is 0 Å². The predicted molar refractivity (Wildman–Crippen MR) is 78.5 cm³/mol. The van der Waals surface area contributed by atoms with Gasteiger partial charge in [-0.3, -0.25) is 0 Å². The van der Waals surface area contributed by atoms with Crippen molar-refractivity contribution in [2.45, 2.75) is 52.4 Å². The van der Waals surface area contributed by atoms with Crippen molar-refractivity contribution in [3.63, 3.8) is 0 Å². The summed E-state index contributed by atoms with van der Waals surface area (Å²) in [6.07, 6.45) is 0. The number of hydrogen-bond acceptors (Lipinski definition) is 0. The molecule has 0 amide bonds. The van der Waals surface area contributed by atoms with E-state index in [2.05, 4.69) is 9.24 Å². The van der Waals surface area contributed by atoms with E-state index in [-0.39, 0.29) is 16.3 Å². The molecule has 0 heterocycles. The SMILES string of the molecule is [B]c1c(F)c(C(C)(C)C)c(P)c(F)c1C(C)(C)C. The minimum Gasteiger partial charge on any atom is -0.207 e. The number of hydrogen-bond donors (Lipinski definition) is 0. The van der Waals surface area contributed by atoms with Gasteiger partial charge in [-0.15, -0.1) is 9.24 Å². The van der Waals surface area contributed by atoms with Crippen molar-refractivity contribution >= 4 is 27.9 Å². The smallest absolute Gasteiger partial charge is 0.133 e. The quantitative estimate of drug-likeness (QED) is 0.501. The van der Waals surface area contributed by atoms with Crippen LogP contribution in [0.25, 0.3) is 0 Å². The Morgan fingerprint density at radius 2 is 1.22 bits per heavy atom. The maximum absolute atomic E-state index is 14.5. The van der Waals surface area contributed by atoms with Crippen molar-refractivity contribution in [3.05, 3.63) is 22.8 Å². The lowest BCUT2D eigenvalue weighted by Gasteiger charge is -2.30. The van der Waals surface area contributed by atoms with Gasteiger partial charge in [0.25, 0.3) is 0 Å². The molecule has 0 aromatic heterocycles. The molecule has 1 unspecified atom stereocenters. The molecule has 0 saturated carbocycles. The van der Waals surface area contributed by atoms with Gasteiger partial charge in [-0.1, -0.05) is 47.0 Å². The van der Waals surface area contributed by atoms with E-state index in [9.17, 15) is 8.78 Å². The van der Waals surface area contributed by atoms with Crippen molar-refractivity contribution in [1.29, 1.82) is 0 Å². The average Bonchev–Trinajstić information content (AvgIpc) is 2.10. The Hall–Kier alpha value is -0.425. The Kier molecular flexibility index (Phi) is 3.99. The molecule has 1 rings (SSSR count). The van der Waals surface area contributed by atoms with E-state index in [1.807, 2.05) is 41.5 Å². The van der Waals surface area contributed by atoms with Gasteiger partial charge in [0.1, 0.15) is 19.5 Å². The van der Waals surface area contributed by atoms with Gasteiger partial charge in [-0.05, 0) is 16.4 Å². The highest BCUT2D eigenvalue weighted by molar-refractivity contribution is 7.27. The second-order valence-electron chi connectivity index (χ2n) is 6.71. The highest BCUT2D eigenvalue weighted by atomic mass is 31.0. The Morgan fingerprint density at radius 1 is 0.833 bits per heavy atom. The molecule has 0 nitrogen and oxygen atoms in total. The third kappa shape index (κ3) is 2.61. The largest absolute Gasteiger partial charge is 0.207 e. The molecule has 0 bridgehead atoms. The first-order chi connectivity index (χ1) is 7.89. The summed E-state index contributed by atoms with van der Waals surface area (Å²) >= 11 is 0. The lowest BCUT2D eigenvalue weighted by Crippen LogP contribution is -2.36. The van der Waals surface area contributed by atoms with Crippen LogP contribution in [0.5, 0.6) is 0 Å². The second-order valence-corrected chi connectivity index (χ2v) is 7.28. The molecule has 1 atom stereocenters. The molecule has 18 heavy (non-hydrogen) atoms. The van der Waals surface area contributed by atoms with Crippen LogP contribution in [0.2, 0.25) is 0 Å². The molecule has 98 valence electrons. The predicted octanol–water partition coefficient (Wildman–Crippen LogP) is 2.85. The van der Waals surface area contributed by atoms with E-state index in [4.69, 9.17) is 7.85 Å². The molecule has 1 aromatic carbocycles. The van der Waals surface area contributed by atoms with Crippen LogP contribution >= 0.6 is 9.24 Å². The van der Waals surface area contributed by atoms with Crippen molar-refractivity contribution in [3.8, 4) is 0 Å². The van der Waals surface area contributed by atoms with Gasteiger partial charge in [-0.25, -0.2) is 8.78 Å². The standard InChI is InChI=1S/C14H20BF2P/c1-13(2,3)7-9(15)10(16)8(14(4,5)6)12(18)11(7)17/h18H2,1-6H3. The number of rotatable bonds is 0. The minimum absolute atomic E-state index is 0.0730. The van der Waals surface area contributed by atoms with Crippen LogP contribution in [0.4, 0.5) is 8.78 Å². The first-order valence-electron chi connectivity index (χ1n) is 5.96. The van der Waals surface area contributed by atoms with Gasteiger partial charge in [0.2, 0.25) is 0 Å². The fourth-order valence-corrected chi connectivity index (χ4v) is 2.90. The first kappa shape index (κ1) is 15.6. The molecule has 0 aliphatic carbocycles. The van der Waals surface area contributed by atoms with Crippen molar-refractivity contribution in [2.24, 2.45) is 0 Å². The minimum atomic E-state index is -0.531. The zero-order valence-electron chi connectivity index (χ0n) is 11.9. The van der Waals surface area contributed by atoms with Gasteiger partial charge in [0, 0.05) is 10.9 Å². The molecule has 0 N–H and O–H groups in total. The van der Waals surface area contributed by atoms with Crippen LogP contribution in [-0.2, 0) is 10.8 Å². The van der Waals surface area contributed by atoms with E-state index in [0.29, 0.717) is 5.56 Å². The highest BCUT2D eigenvalue weighted by Gasteiger charge is 2.31. The van der Waals surface area contributed by atoms with Crippen molar-refractivity contribution < 1.29 is 8.78 Å². The third-order valence-electron chi connectivity index (χ3n) is 2.95.